The first-order chi connectivity index (χ1) is 10.1. The van der Waals surface area contributed by atoms with E-state index in [4.69, 9.17) is 5.11 Å². The van der Waals surface area contributed by atoms with Gasteiger partial charge >= 0.3 is 5.97 Å². The molecule has 0 unspecified atom stereocenters. The van der Waals surface area contributed by atoms with E-state index in [1.165, 1.54) is 0 Å². The number of aliphatic carboxylic acids is 1. The number of hydrogen-bond acceptors (Lipinski definition) is 3. The van der Waals surface area contributed by atoms with Gasteiger partial charge in [0, 0.05) is 24.7 Å². The number of carboxylic acid groups (broad SMARTS) is 1. The molecule has 22 heavy (non-hydrogen) atoms. The van der Waals surface area contributed by atoms with Gasteiger partial charge in [0.2, 0.25) is 0 Å². The Morgan fingerprint density at radius 1 is 1.27 bits per heavy atom. The molecule has 0 aliphatic carbocycles. The minimum Gasteiger partial charge on any atom is -0.481 e. The fourth-order valence-corrected chi connectivity index (χ4v) is 2.21. The van der Waals surface area contributed by atoms with Crippen LogP contribution in [-0.4, -0.2) is 39.3 Å². The highest BCUT2D eigenvalue weighted by molar-refractivity contribution is 5.85. The van der Waals surface area contributed by atoms with Crippen LogP contribution >= 0.6 is 12.4 Å². The van der Waals surface area contributed by atoms with Crippen LogP contribution in [0.2, 0.25) is 0 Å². The van der Waals surface area contributed by atoms with Crippen molar-refractivity contribution in [2.24, 2.45) is 0 Å². The Morgan fingerprint density at radius 2 is 2.00 bits per heavy atom. The number of para-hydroxylation sites is 1. The second-order valence-electron chi connectivity index (χ2n) is 5.22. The van der Waals surface area contributed by atoms with Gasteiger partial charge in [0.25, 0.3) is 0 Å². The molecule has 0 fully saturated rings. The van der Waals surface area contributed by atoms with Crippen LogP contribution in [-0.2, 0) is 11.3 Å². The molecule has 0 bridgehead atoms. The standard InChI is InChI=1S/C16H21N3O2.ClH/c1-18(10-6-5-9-16(20)21)12-14-11-17-19(13-14)15-7-3-2-4-8-15;/h2-4,7-8,11,13H,5-6,9-10,12H2,1H3,(H,20,21);1H. The highest BCUT2D eigenvalue weighted by atomic mass is 35.5. The van der Waals surface area contributed by atoms with Crippen molar-refractivity contribution in [2.45, 2.75) is 25.8 Å². The zero-order valence-corrected chi connectivity index (χ0v) is 13.5. The summed E-state index contributed by atoms with van der Waals surface area (Å²) in [6.45, 7) is 1.71. The first-order valence-electron chi connectivity index (χ1n) is 7.14. The molecule has 1 N–H and O–H groups in total. The van der Waals surface area contributed by atoms with Crippen LogP contribution in [0.25, 0.3) is 5.69 Å². The number of halogens is 1. The van der Waals surface area contributed by atoms with Gasteiger partial charge in [0.05, 0.1) is 11.9 Å². The molecule has 6 heteroatoms. The molecular formula is C16H22ClN3O2. The van der Waals surface area contributed by atoms with E-state index in [0.717, 1.165) is 37.2 Å². The third kappa shape index (κ3) is 5.87. The summed E-state index contributed by atoms with van der Waals surface area (Å²) in [5, 5.41) is 13.0. The lowest BCUT2D eigenvalue weighted by Gasteiger charge is -2.14. The van der Waals surface area contributed by atoms with Crippen LogP contribution in [0.5, 0.6) is 0 Å². The summed E-state index contributed by atoms with van der Waals surface area (Å²) in [6.07, 6.45) is 5.78. The fraction of sp³-hybridized carbons (Fsp3) is 0.375. The molecule has 0 aliphatic heterocycles. The van der Waals surface area contributed by atoms with Crippen molar-refractivity contribution < 1.29 is 9.90 Å². The summed E-state index contributed by atoms with van der Waals surface area (Å²) in [6, 6.07) is 10.0. The number of carbonyl (C=O) groups is 1. The van der Waals surface area contributed by atoms with Crippen LogP contribution in [0.4, 0.5) is 0 Å². The second kappa shape index (κ2) is 9.23. The normalized spacial score (nSPS) is 10.5. The molecular weight excluding hydrogens is 302 g/mol. The van der Waals surface area contributed by atoms with Gasteiger partial charge in [-0.1, -0.05) is 18.2 Å². The van der Waals surface area contributed by atoms with Crippen LogP contribution in [0.3, 0.4) is 0 Å². The number of benzene rings is 1. The third-order valence-electron chi connectivity index (χ3n) is 3.29. The average Bonchev–Trinajstić information content (AvgIpc) is 2.93. The summed E-state index contributed by atoms with van der Waals surface area (Å²) >= 11 is 0. The maximum atomic E-state index is 10.4. The van der Waals surface area contributed by atoms with Gasteiger partial charge in [-0.15, -0.1) is 12.4 Å². The summed E-state index contributed by atoms with van der Waals surface area (Å²) in [4.78, 5) is 12.6. The number of carboxylic acids is 1. The van der Waals surface area contributed by atoms with Crippen LogP contribution in [0, 0.1) is 0 Å². The number of rotatable bonds is 8. The molecule has 0 saturated heterocycles. The van der Waals surface area contributed by atoms with E-state index in [9.17, 15) is 4.79 Å². The molecule has 5 nitrogen and oxygen atoms in total. The van der Waals surface area contributed by atoms with E-state index in [1.54, 1.807) is 0 Å². The maximum Gasteiger partial charge on any atom is 0.303 e. The van der Waals surface area contributed by atoms with Crippen molar-refractivity contribution in [3.05, 3.63) is 48.3 Å². The molecule has 1 heterocycles. The van der Waals surface area contributed by atoms with E-state index in [-0.39, 0.29) is 18.8 Å². The van der Waals surface area contributed by atoms with Crippen molar-refractivity contribution in [3.63, 3.8) is 0 Å². The van der Waals surface area contributed by atoms with E-state index < -0.39 is 5.97 Å². The van der Waals surface area contributed by atoms with Gasteiger partial charge in [-0.25, -0.2) is 4.68 Å². The zero-order chi connectivity index (χ0) is 15.1. The molecule has 0 atom stereocenters. The van der Waals surface area contributed by atoms with E-state index in [1.807, 2.05) is 54.5 Å². The summed E-state index contributed by atoms with van der Waals surface area (Å²) in [5.41, 5.74) is 2.20. The smallest absolute Gasteiger partial charge is 0.303 e. The van der Waals surface area contributed by atoms with Crippen molar-refractivity contribution in [1.29, 1.82) is 0 Å². The second-order valence-corrected chi connectivity index (χ2v) is 5.22. The van der Waals surface area contributed by atoms with Crippen LogP contribution in [0.15, 0.2) is 42.7 Å². The number of unbranched alkanes of at least 4 members (excludes halogenated alkanes) is 1. The van der Waals surface area contributed by atoms with Crippen molar-refractivity contribution in [3.8, 4) is 5.69 Å². The lowest BCUT2D eigenvalue weighted by molar-refractivity contribution is -0.137. The van der Waals surface area contributed by atoms with Gasteiger partial charge < -0.3 is 10.0 Å². The Kier molecular flexibility index (Phi) is 7.63. The predicted octanol–water partition coefficient (Wildman–Crippen LogP) is 2.98. The molecule has 0 aliphatic rings. The minimum absolute atomic E-state index is 0. The Labute approximate surface area is 137 Å². The molecule has 0 radical (unpaired) electrons. The average molecular weight is 324 g/mol. The topological polar surface area (TPSA) is 58.4 Å². The van der Waals surface area contributed by atoms with Crippen molar-refractivity contribution in [2.75, 3.05) is 13.6 Å². The van der Waals surface area contributed by atoms with E-state index >= 15 is 0 Å². The van der Waals surface area contributed by atoms with Crippen LogP contribution in [0.1, 0.15) is 24.8 Å². The highest BCUT2D eigenvalue weighted by Gasteiger charge is 2.05. The number of nitrogens with zero attached hydrogens (tertiary/aromatic N) is 3. The van der Waals surface area contributed by atoms with Gasteiger partial charge in [-0.05, 0) is 38.6 Å². The molecule has 0 amide bonds. The molecule has 120 valence electrons. The molecule has 2 aromatic rings. The van der Waals surface area contributed by atoms with Gasteiger partial charge in [0.1, 0.15) is 0 Å². The first-order valence-corrected chi connectivity index (χ1v) is 7.14. The Hall–Kier alpha value is -1.85. The number of hydrogen-bond donors (Lipinski definition) is 1. The summed E-state index contributed by atoms with van der Waals surface area (Å²) in [5.74, 6) is -0.721. The molecule has 1 aromatic heterocycles. The molecule has 0 saturated carbocycles. The maximum absolute atomic E-state index is 10.4. The molecule has 2 rings (SSSR count). The van der Waals surface area contributed by atoms with Crippen LogP contribution < -0.4 is 0 Å². The first kappa shape index (κ1) is 18.2. The quantitative estimate of drug-likeness (QED) is 0.759. The highest BCUT2D eigenvalue weighted by Crippen LogP contribution is 2.09. The van der Waals surface area contributed by atoms with Gasteiger partial charge in [-0.3, -0.25) is 4.79 Å². The summed E-state index contributed by atoms with van der Waals surface area (Å²) in [7, 11) is 2.04. The Balaban J connectivity index is 0.00000242. The Morgan fingerprint density at radius 3 is 2.68 bits per heavy atom. The lowest BCUT2D eigenvalue weighted by atomic mass is 10.2. The molecule has 0 spiro atoms. The fourth-order valence-electron chi connectivity index (χ4n) is 2.21. The van der Waals surface area contributed by atoms with Gasteiger partial charge in [-0.2, -0.15) is 5.10 Å². The SMILES string of the molecule is CN(CCCCC(=O)O)Cc1cnn(-c2ccccc2)c1.Cl. The lowest BCUT2D eigenvalue weighted by Crippen LogP contribution is -2.19. The largest absolute Gasteiger partial charge is 0.481 e. The molecule has 1 aromatic carbocycles. The summed E-state index contributed by atoms with van der Waals surface area (Å²) < 4.78 is 1.87. The Bertz CT molecular complexity index is 572. The minimum atomic E-state index is -0.721. The third-order valence-corrected chi connectivity index (χ3v) is 3.29. The van der Waals surface area contributed by atoms with E-state index in [2.05, 4.69) is 10.00 Å². The predicted molar refractivity (Wildman–Crippen MR) is 88.6 cm³/mol. The number of aromatic nitrogens is 2. The zero-order valence-electron chi connectivity index (χ0n) is 12.7. The van der Waals surface area contributed by atoms with Crippen molar-refractivity contribution >= 4 is 18.4 Å². The van der Waals surface area contributed by atoms with Crippen molar-refractivity contribution in [1.82, 2.24) is 14.7 Å². The monoisotopic (exact) mass is 323 g/mol. The van der Waals surface area contributed by atoms with E-state index in [0.29, 0.717) is 0 Å². The van der Waals surface area contributed by atoms with Gasteiger partial charge in [0.15, 0.2) is 0 Å².